The largest absolute Gasteiger partial charge is 0.506 e. The molecule has 6 heteroatoms. The topological polar surface area (TPSA) is 113 Å². The van der Waals surface area contributed by atoms with Crippen LogP contribution in [-0.4, -0.2) is 28.1 Å². The van der Waals surface area contributed by atoms with Gasteiger partial charge in [0, 0.05) is 0 Å². The fourth-order valence-corrected chi connectivity index (χ4v) is 1.02. The molecule has 1 aromatic carbocycles. The average molecular weight is 224 g/mol. The number of phenols is 1. The van der Waals surface area contributed by atoms with E-state index in [1.165, 1.54) is 19.1 Å². The van der Waals surface area contributed by atoms with Gasteiger partial charge in [0.1, 0.15) is 5.75 Å². The van der Waals surface area contributed by atoms with Crippen LogP contribution in [-0.2, 0) is 4.79 Å². The van der Waals surface area contributed by atoms with E-state index in [1.807, 2.05) is 0 Å². The maximum Gasteiger partial charge on any atom is 0.335 e. The van der Waals surface area contributed by atoms with Crippen molar-refractivity contribution in [3.63, 3.8) is 0 Å². The van der Waals surface area contributed by atoms with Gasteiger partial charge in [0.05, 0.1) is 17.3 Å². The second-order valence-corrected chi connectivity index (χ2v) is 3.32. The van der Waals surface area contributed by atoms with Gasteiger partial charge in [-0.05, 0) is 25.1 Å². The molecule has 86 valence electrons. The van der Waals surface area contributed by atoms with Gasteiger partial charge in [0.15, 0.2) is 0 Å². The number of anilines is 1. The Morgan fingerprint density at radius 1 is 1.44 bits per heavy atom. The van der Waals surface area contributed by atoms with Gasteiger partial charge in [-0.3, -0.25) is 4.79 Å². The number of carbonyl (C=O) groups is 2. The van der Waals surface area contributed by atoms with E-state index in [9.17, 15) is 14.7 Å². The highest BCUT2D eigenvalue weighted by Crippen LogP contribution is 2.24. The lowest BCUT2D eigenvalue weighted by atomic mass is 10.2. The molecule has 0 saturated heterocycles. The standard InChI is InChI=1S/C10H12N2O4/c1-5(11)9(14)12-7-4-6(10(15)16)2-3-8(7)13/h2-5,13H,11H2,1H3,(H,12,14)(H,15,16)/t5-/m1/s1. The van der Waals surface area contributed by atoms with Crippen LogP contribution >= 0.6 is 0 Å². The summed E-state index contributed by atoms with van der Waals surface area (Å²) in [6.45, 7) is 1.48. The fourth-order valence-electron chi connectivity index (χ4n) is 1.02. The second kappa shape index (κ2) is 4.63. The molecule has 0 aromatic heterocycles. The molecule has 6 nitrogen and oxygen atoms in total. The van der Waals surface area contributed by atoms with Crippen molar-refractivity contribution in [3.05, 3.63) is 23.8 Å². The first kappa shape index (κ1) is 12.0. The van der Waals surface area contributed by atoms with E-state index in [4.69, 9.17) is 10.8 Å². The summed E-state index contributed by atoms with van der Waals surface area (Å²) in [4.78, 5) is 21.9. The minimum atomic E-state index is -1.14. The fraction of sp³-hybridized carbons (Fsp3) is 0.200. The predicted octanol–water partition coefficient (Wildman–Crippen LogP) is 0.376. The predicted molar refractivity (Wildman–Crippen MR) is 57.3 cm³/mol. The third-order valence-electron chi connectivity index (χ3n) is 1.91. The van der Waals surface area contributed by atoms with E-state index in [0.717, 1.165) is 6.07 Å². The normalized spacial score (nSPS) is 11.9. The molecular formula is C10H12N2O4. The van der Waals surface area contributed by atoms with Gasteiger partial charge in [-0.15, -0.1) is 0 Å². The van der Waals surface area contributed by atoms with E-state index in [0.29, 0.717) is 0 Å². The van der Waals surface area contributed by atoms with E-state index < -0.39 is 17.9 Å². The van der Waals surface area contributed by atoms with Crippen LogP contribution in [0.4, 0.5) is 5.69 Å². The SMILES string of the molecule is C[C@@H](N)C(=O)Nc1cc(C(=O)O)ccc1O. The molecule has 0 spiro atoms. The van der Waals surface area contributed by atoms with Crippen molar-refractivity contribution in [1.82, 2.24) is 0 Å². The summed E-state index contributed by atoms with van der Waals surface area (Å²) in [6.07, 6.45) is 0. The highest BCUT2D eigenvalue weighted by Gasteiger charge is 2.12. The molecule has 0 fully saturated rings. The van der Waals surface area contributed by atoms with Crippen LogP contribution in [0.1, 0.15) is 17.3 Å². The summed E-state index contributed by atoms with van der Waals surface area (Å²) < 4.78 is 0. The highest BCUT2D eigenvalue weighted by molar-refractivity contribution is 5.97. The number of aromatic hydroxyl groups is 1. The van der Waals surface area contributed by atoms with Crippen molar-refractivity contribution >= 4 is 17.6 Å². The van der Waals surface area contributed by atoms with Gasteiger partial charge in [-0.2, -0.15) is 0 Å². The van der Waals surface area contributed by atoms with Crippen LogP contribution in [0.15, 0.2) is 18.2 Å². The van der Waals surface area contributed by atoms with E-state index in [1.54, 1.807) is 0 Å². The second-order valence-electron chi connectivity index (χ2n) is 3.32. The molecule has 0 radical (unpaired) electrons. The van der Waals surface area contributed by atoms with E-state index in [-0.39, 0.29) is 17.0 Å². The van der Waals surface area contributed by atoms with Crippen LogP contribution < -0.4 is 11.1 Å². The molecule has 0 aliphatic heterocycles. The first-order chi connectivity index (χ1) is 7.41. The Kier molecular flexibility index (Phi) is 3.47. The van der Waals surface area contributed by atoms with Crippen molar-refractivity contribution in [1.29, 1.82) is 0 Å². The number of phenolic OH excluding ortho intramolecular Hbond substituents is 1. The van der Waals surface area contributed by atoms with E-state index >= 15 is 0 Å². The number of aromatic carboxylic acids is 1. The highest BCUT2D eigenvalue weighted by atomic mass is 16.4. The maximum absolute atomic E-state index is 11.3. The van der Waals surface area contributed by atoms with Gasteiger partial charge < -0.3 is 21.3 Å². The van der Waals surface area contributed by atoms with Crippen LogP contribution in [0.3, 0.4) is 0 Å². The molecule has 1 aromatic rings. The maximum atomic E-state index is 11.3. The van der Waals surface area contributed by atoms with Crippen LogP contribution in [0, 0.1) is 0 Å². The first-order valence-corrected chi connectivity index (χ1v) is 4.54. The number of carboxylic acids is 1. The summed E-state index contributed by atoms with van der Waals surface area (Å²) in [5, 5.41) is 20.5. The quantitative estimate of drug-likeness (QED) is 0.554. The number of carbonyl (C=O) groups excluding carboxylic acids is 1. The number of hydrogen-bond donors (Lipinski definition) is 4. The zero-order valence-electron chi connectivity index (χ0n) is 8.60. The zero-order valence-corrected chi connectivity index (χ0v) is 8.60. The molecule has 0 aliphatic rings. The lowest BCUT2D eigenvalue weighted by Gasteiger charge is -2.09. The molecular weight excluding hydrogens is 212 g/mol. The van der Waals surface area contributed by atoms with Crippen LogP contribution in [0.5, 0.6) is 5.75 Å². The molecule has 5 N–H and O–H groups in total. The summed E-state index contributed by atoms with van der Waals surface area (Å²) in [5.74, 6) is -1.85. The van der Waals surface area contributed by atoms with Crippen molar-refractivity contribution < 1.29 is 19.8 Å². The number of rotatable bonds is 3. The number of amides is 1. The molecule has 1 atom stereocenters. The number of nitrogens with two attached hydrogens (primary N) is 1. The average Bonchev–Trinajstić information content (AvgIpc) is 2.20. The van der Waals surface area contributed by atoms with Crippen molar-refractivity contribution in [2.75, 3.05) is 5.32 Å². The molecule has 0 bridgehead atoms. The molecule has 1 rings (SSSR count). The van der Waals surface area contributed by atoms with Gasteiger partial charge in [-0.25, -0.2) is 4.79 Å². The minimum absolute atomic E-state index is 0.0298. The van der Waals surface area contributed by atoms with Gasteiger partial charge in [-0.1, -0.05) is 0 Å². The Hall–Kier alpha value is -2.08. The van der Waals surface area contributed by atoms with Gasteiger partial charge in [0.2, 0.25) is 5.91 Å². The Morgan fingerprint density at radius 3 is 2.56 bits per heavy atom. The number of benzene rings is 1. The molecule has 0 heterocycles. The van der Waals surface area contributed by atoms with Crippen LogP contribution in [0.25, 0.3) is 0 Å². The van der Waals surface area contributed by atoms with Crippen molar-refractivity contribution in [2.24, 2.45) is 5.73 Å². The number of carboxylic acid groups (broad SMARTS) is 1. The summed E-state index contributed by atoms with van der Waals surface area (Å²) in [7, 11) is 0. The zero-order chi connectivity index (χ0) is 12.3. The third-order valence-corrected chi connectivity index (χ3v) is 1.91. The molecule has 0 aliphatic carbocycles. The lowest BCUT2D eigenvalue weighted by molar-refractivity contribution is -0.117. The Balaban J connectivity index is 2.99. The summed E-state index contributed by atoms with van der Waals surface area (Å²) >= 11 is 0. The Labute approximate surface area is 91.7 Å². The Bertz CT molecular complexity index is 429. The molecule has 16 heavy (non-hydrogen) atoms. The van der Waals surface area contributed by atoms with E-state index in [2.05, 4.69) is 5.32 Å². The van der Waals surface area contributed by atoms with Crippen molar-refractivity contribution in [3.8, 4) is 5.75 Å². The molecule has 1 amide bonds. The summed E-state index contributed by atoms with van der Waals surface area (Å²) in [5.41, 5.74) is 5.32. The third kappa shape index (κ3) is 2.71. The number of nitrogens with one attached hydrogen (secondary N) is 1. The number of hydrogen-bond acceptors (Lipinski definition) is 4. The monoisotopic (exact) mass is 224 g/mol. The molecule has 0 saturated carbocycles. The summed E-state index contributed by atoms with van der Waals surface area (Å²) in [6, 6.07) is 2.85. The minimum Gasteiger partial charge on any atom is -0.506 e. The Morgan fingerprint density at radius 2 is 2.06 bits per heavy atom. The van der Waals surface area contributed by atoms with Crippen LogP contribution in [0.2, 0.25) is 0 Å². The lowest BCUT2D eigenvalue weighted by Crippen LogP contribution is -2.32. The van der Waals surface area contributed by atoms with Gasteiger partial charge in [0.25, 0.3) is 0 Å². The van der Waals surface area contributed by atoms with Gasteiger partial charge >= 0.3 is 5.97 Å². The first-order valence-electron chi connectivity index (χ1n) is 4.54. The smallest absolute Gasteiger partial charge is 0.335 e. The molecule has 0 unspecified atom stereocenters. The van der Waals surface area contributed by atoms with Crippen molar-refractivity contribution in [2.45, 2.75) is 13.0 Å².